The molecule has 15 heavy (non-hydrogen) atoms. The average molecular weight is 199 g/mol. The first-order valence-electron chi connectivity index (χ1n) is 4.83. The molecule has 0 saturated heterocycles. The lowest BCUT2D eigenvalue weighted by atomic mass is 10.1. The molecule has 0 atom stereocenters. The third-order valence-electron chi connectivity index (χ3n) is 2.33. The fraction of sp³-hybridized carbons (Fsp3) is 0.0769. The van der Waals surface area contributed by atoms with Crippen LogP contribution in [-0.4, -0.2) is 10.1 Å². The van der Waals surface area contributed by atoms with Gasteiger partial charge in [0.2, 0.25) is 0 Å². The fourth-order valence-electron chi connectivity index (χ4n) is 1.73. The van der Waals surface area contributed by atoms with Crippen molar-refractivity contribution in [2.24, 2.45) is 0 Å². The van der Waals surface area contributed by atoms with E-state index in [9.17, 15) is 5.11 Å². The van der Waals surface area contributed by atoms with Crippen LogP contribution in [0, 0.1) is 0 Å². The van der Waals surface area contributed by atoms with Crippen LogP contribution in [0.4, 0.5) is 0 Å². The van der Waals surface area contributed by atoms with E-state index in [4.69, 9.17) is 0 Å². The zero-order chi connectivity index (χ0) is 10.8. The second kappa shape index (κ2) is 3.65. The summed E-state index contributed by atoms with van der Waals surface area (Å²) in [5, 5.41) is 10.4. The molecule has 0 radical (unpaired) electrons. The van der Waals surface area contributed by atoms with Crippen LogP contribution in [0.15, 0.2) is 36.6 Å². The summed E-state index contributed by atoms with van der Waals surface area (Å²) in [4.78, 5) is 3.24. The molecule has 0 saturated carbocycles. The van der Waals surface area contributed by atoms with Gasteiger partial charge < -0.3 is 10.1 Å². The molecule has 2 heteroatoms. The summed E-state index contributed by atoms with van der Waals surface area (Å²) in [6.07, 6.45) is 3.50. The second-order valence-corrected chi connectivity index (χ2v) is 3.49. The number of aliphatic hydroxyl groups excluding tert-OH is 1. The van der Waals surface area contributed by atoms with E-state index in [-0.39, 0.29) is 5.76 Å². The van der Waals surface area contributed by atoms with Crippen molar-refractivity contribution >= 4 is 23.1 Å². The Morgan fingerprint density at radius 3 is 2.80 bits per heavy atom. The maximum Gasteiger partial charge on any atom is 0.0912 e. The van der Waals surface area contributed by atoms with Gasteiger partial charge in [0.15, 0.2) is 0 Å². The lowest BCUT2D eigenvalue weighted by Gasteiger charge is -1.93. The third kappa shape index (κ3) is 1.66. The molecule has 0 fully saturated rings. The van der Waals surface area contributed by atoms with Crippen LogP contribution in [0.1, 0.15) is 18.2 Å². The Morgan fingerprint density at radius 2 is 2.13 bits per heavy atom. The van der Waals surface area contributed by atoms with Crippen LogP contribution < -0.4 is 0 Å². The van der Waals surface area contributed by atoms with Crippen LogP contribution in [0.2, 0.25) is 0 Å². The summed E-state index contributed by atoms with van der Waals surface area (Å²) in [5.41, 5.74) is 2.98. The summed E-state index contributed by atoms with van der Waals surface area (Å²) in [5.74, 6) is 0.282. The minimum Gasteiger partial charge on any atom is -0.513 e. The molecule has 0 aliphatic rings. The van der Waals surface area contributed by atoms with E-state index in [1.807, 2.05) is 24.3 Å². The molecule has 0 aliphatic carbocycles. The number of para-hydroxylation sites is 1. The maximum atomic E-state index is 9.26. The summed E-state index contributed by atoms with van der Waals surface area (Å²) < 4.78 is 0. The number of benzene rings is 1. The Bertz CT molecular complexity index is 530. The van der Waals surface area contributed by atoms with Crippen molar-refractivity contribution in [3.05, 3.63) is 47.9 Å². The largest absolute Gasteiger partial charge is 0.513 e. The number of aromatic nitrogens is 1. The van der Waals surface area contributed by atoms with E-state index in [1.54, 1.807) is 19.1 Å². The van der Waals surface area contributed by atoms with Gasteiger partial charge in [0.25, 0.3) is 0 Å². The molecule has 0 aliphatic heterocycles. The average Bonchev–Trinajstić information content (AvgIpc) is 2.53. The molecule has 1 aromatic carbocycles. The molecule has 0 spiro atoms. The maximum absolute atomic E-state index is 9.26. The van der Waals surface area contributed by atoms with Crippen molar-refractivity contribution in [1.82, 2.24) is 4.98 Å². The standard InChI is InChI=1S/C13H13NO/c1-3-10-11-6-4-5-7-12(11)14-13(10)8-9(2)15/h3-8,14-15H,1H2,2H3/b9-8+. The fourth-order valence-corrected chi connectivity index (χ4v) is 1.73. The number of hydrogen-bond acceptors (Lipinski definition) is 1. The molecule has 2 aromatic rings. The minimum atomic E-state index is 0.282. The zero-order valence-electron chi connectivity index (χ0n) is 8.62. The van der Waals surface area contributed by atoms with Gasteiger partial charge >= 0.3 is 0 Å². The Balaban J connectivity index is 2.75. The predicted octanol–water partition coefficient (Wildman–Crippen LogP) is 3.73. The molecule has 76 valence electrons. The van der Waals surface area contributed by atoms with Gasteiger partial charge in [-0.15, -0.1) is 0 Å². The van der Waals surface area contributed by atoms with Gasteiger partial charge in [-0.2, -0.15) is 0 Å². The Kier molecular flexibility index (Phi) is 2.34. The molecule has 0 bridgehead atoms. The number of H-pyrrole nitrogens is 1. The smallest absolute Gasteiger partial charge is 0.0912 e. The topological polar surface area (TPSA) is 36.0 Å². The van der Waals surface area contributed by atoms with Crippen LogP contribution in [-0.2, 0) is 0 Å². The molecular weight excluding hydrogens is 186 g/mol. The van der Waals surface area contributed by atoms with E-state index in [0.717, 1.165) is 22.2 Å². The first-order valence-corrected chi connectivity index (χ1v) is 4.83. The SMILES string of the molecule is C=Cc1c(/C=C(\C)O)[nH]c2ccccc12. The summed E-state index contributed by atoms with van der Waals surface area (Å²) in [6, 6.07) is 8.01. The lowest BCUT2D eigenvalue weighted by molar-refractivity contribution is 0.419. The predicted molar refractivity (Wildman–Crippen MR) is 64.7 cm³/mol. The molecule has 0 unspecified atom stereocenters. The van der Waals surface area contributed by atoms with Gasteiger partial charge in [-0.1, -0.05) is 30.9 Å². The molecule has 2 nitrogen and oxygen atoms in total. The van der Waals surface area contributed by atoms with Crippen molar-refractivity contribution in [2.75, 3.05) is 0 Å². The molecular formula is C13H13NO. The quantitative estimate of drug-likeness (QED) is 0.710. The molecule has 2 rings (SSSR count). The highest BCUT2D eigenvalue weighted by atomic mass is 16.3. The minimum absolute atomic E-state index is 0.282. The number of hydrogen-bond donors (Lipinski definition) is 2. The van der Waals surface area contributed by atoms with Gasteiger partial charge in [-0.05, 0) is 19.1 Å². The van der Waals surface area contributed by atoms with Gasteiger partial charge in [0.05, 0.1) is 5.76 Å². The van der Waals surface area contributed by atoms with Crippen molar-refractivity contribution in [3.8, 4) is 0 Å². The molecule has 1 aromatic heterocycles. The van der Waals surface area contributed by atoms with Crippen molar-refractivity contribution in [2.45, 2.75) is 6.92 Å². The van der Waals surface area contributed by atoms with E-state index >= 15 is 0 Å². The van der Waals surface area contributed by atoms with Gasteiger partial charge in [0.1, 0.15) is 0 Å². The van der Waals surface area contributed by atoms with E-state index in [0.29, 0.717) is 0 Å². The number of aliphatic hydroxyl groups is 1. The normalized spacial score (nSPS) is 11.9. The van der Waals surface area contributed by atoms with Crippen LogP contribution in [0.25, 0.3) is 23.1 Å². The monoisotopic (exact) mass is 199 g/mol. The van der Waals surface area contributed by atoms with Crippen LogP contribution >= 0.6 is 0 Å². The molecule has 0 amide bonds. The van der Waals surface area contributed by atoms with E-state index in [2.05, 4.69) is 11.6 Å². The molecule has 2 N–H and O–H groups in total. The van der Waals surface area contributed by atoms with Crippen LogP contribution in [0.5, 0.6) is 0 Å². The lowest BCUT2D eigenvalue weighted by Crippen LogP contribution is -1.78. The number of fused-ring (bicyclic) bond motifs is 1. The highest BCUT2D eigenvalue weighted by Gasteiger charge is 2.05. The summed E-state index contributed by atoms with van der Waals surface area (Å²) >= 11 is 0. The number of allylic oxidation sites excluding steroid dienone is 1. The van der Waals surface area contributed by atoms with E-state index in [1.165, 1.54) is 0 Å². The molecule has 1 heterocycles. The Hall–Kier alpha value is -1.96. The Morgan fingerprint density at radius 1 is 1.40 bits per heavy atom. The van der Waals surface area contributed by atoms with Crippen molar-refractivity contribution < 1.29 is 5.11 Å². The highest BCUT2D eigenvalue weighted by molar-refractivity contribution is 5.92. The number of nitrogens with one attached hydrogen (secondary N) is 1. The van der Waals surface area contributed by atoms with Gasteiger partial charge in [-0.3, -0.25) is 0 Å². The number of rotatable bonds is 2. The third-order valence-corrected chi connectivity index (χ3v) is 2.33. The highest BCUT2D eigenvalue weighted by Crippen LogP contribution is 2.24. The van der Waals surface area contributed by atoms with Gasteiger partial charge in [-0.25, -0.2) is 0 Å². The zero-order valence-corrected chi connectivity index (χ0v) is 8.62. The summed E-state index contributed by atoms with van der Waals surface area (Å²) in [7, 11) is 0. The van der Waals surface area contributed by atoms with E-state index < -0.39 is 0 Å². The first-order chi connectivity index (χ1) is 7.22. The summed E-state index contributed by atoms with van der Waals surface area (Å²) in [6.45, 7) is 5.44. The second-order valence-electron chi connectivity index (χ2n) is 3.49. The van der Waals surface area contributed by atoms with Gasteiger partial charge in [0, 0.05) is 22.2 Å². The Labute approximate surface area is 88.6 Å². The first kappa shape index (κ1) is 9.59. The van der Waals surface area contributed by atoms with Crippen molar-refractivity contribution in [3.63, 3.8) is 0 Å². The van der Waals surface area contributed by atoms with Crippen molar-refractivity contribution in [1.29, 1.82) is 0 Å². The number of aromatic amines is 1. The van der Waals surface area contributed by atoms with Crippen LogP contribution in [0.3, 0.4) is 0 Å².